The number of carbonyl (C=O) groups excluding carboxylic acids is 2. The van der Waals surface area contributed by atoms with Gasteiger partial charge in [-0.15, -0.1) is 0 Å². The average Bonchev–Trinajstić information content (AvgIpc) is 2.94. The molecule has 1 N–H and O–H groups in total. The third-order valence-corrected chi connectivity index (χ3v) is 5.88. The summed E-state index contributed by atoms with van der Waals surface area (Å²) >= 11 is 0. The van der Waals surface area contributed by atoms with Crippen molar-refractivity contribution >= 4 is 11.8 Å². The molecule has 0 spiro atoms. The number of likely N-dealkylation sites (tertiary alicyclic amines) is 1. The first-order chi connectivity index (χ1) is 11.5. The van der Waals surface area contributed by atoms with Gasteiger partial charge in [0.1, 0.15) is 5.69 Å². The van der Waals surface area contributed by atoms with Crippen molar-refractivity contribution in [1.82, 2.24) is 14.8 Å². The number of hydrogen-bond donors (Lipinski definition) is 1. The smallest absolute Gasteiger partial charge is 0.267 e. The molecule has 24 heavy (non-hydrogen) atoms. The minimum absolute atomic E-state index is 0.0521. The Labute approximate surface area is 142 Å². The minimum atomic E-state index is -0.0521. The van der Waals surface area contributed by atoms with E-state index in [1.165, 1.54) is 0 Å². The fourth-order valence-electron chi connectivity index (χ4n) is 4.10. The van der Waals surface area contributed by atoms with Crippen LogP contribution in [0.1, 0.15) is 23.8 Å². The van der Waals surface area contributed by atoms with E-state index in [1.54, 1.807) is 0 Å². The van der Waals surface area contributed by atoms with Gasteiger partial charge in [-0.05, 0) is 24.5 Å². The second-order valence-corrected chi connectivity index (χ2v) is 7.57. The topological polar surface area (TPSA) is 63.6 Å². The molecule has 5 atom stereocenters. The van der Waals surface area contributed by atoms with Gasteiger partial charge < -0.3 is 19.5 Å². The molecule has 2 aliphatic heterocycles. The Bertz CT molecular complexity index is 656. The predicted octanol–water partition coefficient (Wildman–Crippen LogP) is 0.884. The monoisotopic (exact) mass is 331 g/mol. The maximum Gasteiger partial charge on any atom is 0.267 e. The molecule has 6 heteroatoms. The summed E-state index contributed by atoms with van der Waals surface area (Å²) in [6.45, 7) is 4.90. The van der Waals surface area contributed by atoms with Gasteiger partial charge in [0.2, 0.25) is 5.91 Å². The first-order valence-electron chi connectivity index (χ1n) is 8.84. The molecule has 0 unspecified atom stereocenters. The average molecular weight is 331 g/mol. The Morgan fingerprint density at radius 1 is 1.38 bits per heavy atom. The van der Waals surface area contributed by atoms with Gasteiger partial charge in [0, 0.05) is 50.6 Å². The van der Waals surface area contributed by atoms with E-state index >= 15 is 0 Å². The second-order valence-electron chi connectivity index (χ2n) is 7.57. The largest absolute Gasteiger partial charge is 0.376 e. The van der Waals surface area contributed by atoms with Gasteiger partial charge >= 0.3 is 0 Å². The lowest BCUT2D eigenvalue weighted by Crippen LogP contribution is -2.36. The molecule has 2 amide bonds. The lowest BCUT2D eigenvalue weighted by atomic mass is 9.93. The van der Waals surface area contributed by atoms with Gasteiger partial charge in [-0.1, -0.05) is 6.92 Å². The van der Waals surface area contributed by atoms with E-state index in [2.05, 4.69) is 12.2 Å². The summed E-state index contributed by atoms with van der Waals surface area (Å²) in [4.78, 5) is 26.6. The number of aromatic nitrogens is 1. The van der Waals surface area contributed by atoms with Crippen molar-refractivity contribution in [3.05, 3.63) is 24.0 Å². The summed E-state index contributed by atoms with van der Waals surface area (Å²) in [5, 5.41) is 3.02. The van der Waals surface area contributed by atoms with Gasteiger partial charge in [-0.2, -0.15) is 0 Å². The number of carbonyl (C=O) groups is 2. The Morgan fingerprint density at radius 2 is 2.17 bits per heavy atom. The van der Waals surface area contributed by atoms with Gasteiger partial charge in [0.25, 0.3) is 5.91 Å². The highest BCUT2D eigenvalue weighted by molar-refractivity contribution is 5.92. The van der Waals surface area contributed by atoms with Crippen molar-refractivity contribution in [1.29, 1.82) is 0 Å². The first kappa shape index (κ1) is 15.7. The molecule has 0 bridgehead atoms. The highest BCUT2D eigenvalue weighted by Gasteiger charge is 2.49. The molecule has 6 nitrogen and oxygen atoms in total. The number of aryl methyl sites for hydroxylation is 1. The van der Waals surface area contributed by atoms with E-state index in [-0.39, 0.29) is 23.8 Å². The molecule has 0 radical (unpaired) electrons. The van der Waals surface area contributed by atoms with Crippen LogP contribution in [0.2, 0.25) is 0 Å². The maximum atomic E-state index is 12.4. The second kappa shape index (κ2) is 5.92. The molecule has 1 aromatic rings. The lowest BCUT2D eigenvalue weighted by molar-refractivity contribution is -0.132. The summed E-state index contributed by atoms with van der Waals surface area (Å²) < 4.78 is 7.71. The van der Waals surface area contributed by atoms with Crippen LogP contribution < -0.4 is 5.32 Å². The van der Waals surface area contributed by atoms with Crippen molar-refractivity contribution in [3.8, 4) is 0 Å². The van der Waals surface area contributed by atoms with E-state index in [0.29, 0.717) is 36.6 Å². The van der Waals surface area contributed by atoms with E-state index < -0.39 is 0 Å². The molecule has 3 heterocycles. The number of nitrogens with zero attached hydrogens (tertiary/aromatic N) is 2. The number of nitrogens with one attached hydrogen (secondary N) is 1. The molecule has 2 saturated heterocycles. The molecule has 130 valence electrons. The molecule has 3 aliphatic rings. The van der Waals surface area contributed by atoms with Crippen LogP contribution in [0, 0.1) is 23.7 Å². The van der Waals surface area contributed by atoms with Crippen molar-refractivity contribution < 1.29 is 14.3 Å². The number of ether oxygens (including phenoxy) is 1. The summed E-state index contributed by atoms with van der Waals surface area (Å²) in [7, 11) is 1.86. The van der Waals surface area contributed by atoms with E-state index in [0.717, 1.165) is 19.5 Å². The molecule has 0 aromatic carbocycles. The van der Waals surface area contributed by atoms with Crippen molar-refractivity contribution in [3.63, 3.8) is 0 Å². The summed E-state index contributed by atoms with van der Waals surface area (Å²) in [5.41, 5.74) is 0.663. The van der Waals surface area contributed by atoms with E-state index in [9.17, 15) is 9.59 Å². The Hall–Kier alpha value is -1.82. The molecular weight excluding hydrogens is 306 g/mol. The SMILES string of the molecule is C[C@H]1C[C@H]1C(=O)N1C[C@@H]2[C@H](CNC(=O)c3cccn3C)CO[C@@H]2C1. The zero-order valence-corrected chi connectivity index (χ0v) is 14.3. The molecule has 1 saturated carbocycles. The van der Waals surface area contributed by atoms with Crippen LogP contribution in [0.5, 0.6) is 0 Å². The minimum Gasteiger partial charge on any atom is -0.376 e. The number of fused-ring (bicyclic) bond motifs is 1. The van der Waals surface area contributed by atoms with Gasteiger partial charge in [-0.25, -0.2) is 0 Å². The van der Waals surface area contributed by atoms with Crippen molar-refractivity contribution in [2.75, 3.05) is 26.2 Å². The normalized spacial score (nSPS) is 34.2. The fraction of sp³-hybridized carbons (Fsp3) is 0.667. The molecule has 1 aromatic heterocycles. The lowest BCUT2D eigenvalue weighted by Gasteiger charge is -2.20. The molecule has 1 aliphatic carbocycles. The molecular formula is C18H25N3O3. The highest BCUT2D eigenvalue weighted by atomic mass is 16.5. The Kier molecular flexibility index (Phi) is 3.87. The van der Waals surface area contributed by atoms with Crippen LogP contribution in [0.15, 0.2) is 18.3 Å². The highest BCUT2D eigenvalue weighted by Crippen LogP contribution is 2.41. The van der Waals surface area contributed by atoms with Gasteiger partial charge in [0.15, 0.2) is 0 Å². The van der Waals surface area contributed by atoms with Crippen LogP contribution >= 0.6 is 0 Å². The third-order valence-electron chi connectivity index (χ3n) is 5.88. The summed E-state index contributed by atoms with van der Waals surface area (Å²) in [6, 6.07) is 3.68. The van der Waals surface area contributed by atoms with Crippen LogP contribution in [0.4, 0.5) is 0 Å². The number of hydrogen-bond acceptors (Lipinski definition) is 3. The van der Waals surface area contributed by atoms with E-state index in [4.69, 9.17) is 4.74 Å². The maximum absolute atomic E-state index is 12.4. The third kappa shape index (κ3) is 2.73. The van der Waals surface area contributed by atoms with Crippen LogP contribution in [0.3, 0.4) is 0 Å². The zero-order valence-electron chi connectivity index (χ0n) is 14.3. The van der Waals surface area contributed by atoms with E-state index in [1.807, 2.05) is 34.8 Å². The van der Waals surface area contributed by atoms with Crippen LogP contribution in [-0.2, 0) is 16.6 Å². The van der Waals surface area contributed by atoms with Gasteiger partial charge in [-0.3, -0.25) is 9.59 Å². The molecule has 4 rings (SSSR count). The Morgan fingerprint density at radius 3 is 2.83 bits per heavy atom. The van der Waals surface area contributed by atoms with Crippen molar-refractivity contribution in [2.45, 2.75) is 19.4 Å². The van der Waals surface area contributed by atoms with Gasteiger partial charge in [0.05, 0.1) is 12.7 Å². The molecule has 3 fully saturated rings. The van der Waals surface area contributed by atoms with Crippen LogP contribution in [0.25, 0.3) is 0 Å². The zero-order chi connectivity index (χ0) is 16.8. The standard InChI is InChI=1S/C18H25N3O3/c1-11-6-13(11)18(23)21-8-14-12(10-24-16(14)9-21)7-19-17(22)15-4-3-5-20(15)2/h3-5,11-14,16H,6-10H2,1-2H3,(H,19,22)/t11-,12+,13+,14+,16+/m0/s1. The van der Waals surface area contributed by atoms with Crippen molar-refractivity contribution in [2.24, 2.45) is 30.7 Å². The number of rotatable bonds is 4. The number of amides is 2. The Balaban J connectivity index is 1.32. The predicted molar refractivity (Wildman–Crippen MR) is 88.3 cm³/mol. The summed E-state index contributed by atoms with van der Waals surface area (Å²) in [6.07, 6.45) is 3.03. The van der Waals surface area contributed by atoms with Crippen LogP contribution in [-0.4, -0.2) is 53.6 Å². The first-order valence-corrected chi connectivity index (χ1v) is 8.84. The fourth-order valence-corrected chi connectivity index (χ4v) is 4.10. The quantitative estimate of drug-likeness (QED) is 0.891. The summed E-state index contributed by atoms with van der Waals surface area (Å²) in [5.74, 6) is 1.65.